The largest absolute Gasteiger partial charge is 0.453 e. The number of anilines is 1. The number of benzene rings is 1. The van der Waals surface area contributed by atoms with Gasteiger partial charge in [0.15, 0.2) is 6.10 Å². The molecule has 0 aliphatic heterocycles. The Morgan fingerprint density at radius 1 is 1.47 bits per heavy atom. The van der Waals surface area contributed by atoms with Gasteiger partial charge in [-0.25, -0.2) is 0 Å². The molecule has 0 fully saturated rings. The Hall–Kier alpha value is -2.35. The molecule has 5 nitrogen and oxygen atoms in total. The highest BCUT2D eigenvalue weighted by Gasteiger charge is 2.15. The summed E-state index contributed by atoms with van der Waals surface area (Å²) >= 11 is 0. The third kappa shape index (κ3) is 3.95. The lowest BCUT2D eigenvalue weighted by Gasteiger charge is -2.12. The van der Waals surface area contributed by atoms with E-state index in [0.717, 1.165) is 0 Å². The maximum atomic E-state index is 11.6. The maximum absolute atomic E-state index is 11.6. The van der Waals surface area contributed by atoms with Crippen LogP contribution in [0.2, 0.25) is 0 Å². The number of hydrogen-bond donors (Lipinski definition) is 1. The molecular weight excluding hydrogens is 220 g/mol. The van der Waals surface area contributed by atoms with Gasteiger partial charge in [-0.05, 0) is 25.1 Å². The van der Waals surface area contributed by atoms with Gasteiger partial charge in [-0.1, -0.05) is 6.07 Å². The van der Waals surface area contributed by atoms with Gasteiger partial charge in [-0.3, -0.25) is 9.59 Å². The first kappa shape index (κ1) is 12.7. The monoisotopic (exact) mass is 232 g/mol. The van der Waals surface area contributed by atoms with Crippen molar-refractivity contribution in [3.63, 3.8) is 0 Å². The standard InChI is InChI=1S/C12H12N2O3/c1-8(17-9(2)15)12(16)14-11-5-3-4-10(6-11)7-13/h3-6,8H,1-2H3,(H,14,16)/t8-/m0/s1. The second-order valence-corrected chi connectivity index (χ2v) is 3.43. The van der Waals surface area contributed by atoms with E-state index in [1.165, 1.54) is 13.8 Å². The van der Waals surface area contributed by atoms with Crippen molar-refractivity contribution >= 4 is 17.6 Å². The van der Waals surface area contributed by atoms with Crippen LogP contribution in [0.15, 0.2) is 24.3 Å². The molecule has 1 atom stereocenters. The molecule has 0 aliphatic carbocycles. The minimum atomic E-state index is -0.863. The third-order valence-corrected chi connectivity index (χ3v) is 1.97. The minimum Gasteiger partial charge on any atom is -0.453 e. The summed E-state index contributed by atoms with van der Waals surface area (Å²) in [5.41, 5.74) is 0.941. The number of nitriles is 1. The predicted molar refractivity (Wildman–Crippen MR) is 61.0 cm³/mol. The second-order valence-electron chi connectivity index (χ2n) is 3.43. The number of nitrogens with one attached hydrogen (secondary N) is 1. The first-order chi connectivity index (χ1) is 8.02. The normalized spacial score (nSPS) is 11.1. The second kappa shape index (κ2) is 5.66. The van der Waals surface area contributed by atoms with Crippen LogP contribution in [-0.2, 0) is 14.3 Å². The number of rotatable bonds is 3. The first-order valence-corrected chi connectivity index (χ1v) is 5.01. The van der Waals surface area contributed by atoms with Crippen LogP contribution in [0.5, 0.6) is 0 Å². The summed E-state index contributed by atoms with van der Waals surface area (Å²) in [7, 11) is 0. The molecule has 1 amide bonds. The van der Waals surface area contributed by atoms with Gasteiger partial charge in [0.2, 0.25) is 0 Å². The van der Waals surface area contributed by atoms with Crippen molar-refractivity contribution in [3.8, 4) is 6.07 Å². The lowest BCUT2D eigenvalue weighted by atomic mass is 10.2. The summed E-state index contributed by atoms with van der Waals surface area (Å²) in [5.74, 6) is -0.950. The SMILES string of the molecule is CC(=O)O[C@@H](C)C(=O)Nc1cccc(C#N)c1. The van der Waals surface area contributed by atoms with Crippen LogP contribution < -0.4 is 5.32 Å². The fourth-order valence-corrected chi connectivity index (χ4v) is 1.21. The van der Waals surface area contributed by atoms with Gasteiger partial charge in [-0.2, -0.15) is 5.26 Å². The molecule has 1 aromatic carbocycles. The molecular formula is C12H12N2O3. The predicted octanol–water partition coefficient (Wildman–Crippen LogP) is 1.45. The summed E-state index contributed by atoms with van der Waals surface area (Å²) in [6.07, 6.45) is -0.863. The maximum Gasteiger partial charge on any atom is 0.303 e. The summed E-state index contributed by atoms with van der Waals surface area (Å²) in [4.78, 5) is 22.2. The quantitative estimate of drug-likeness (QED) is 0.800. The molecule has 0 heterocycles. The molecule has 17 heavy (non-hydrogen) atoms. The van der Waals surface area contributed by atoms with Crippen LogP contribution in [0.4, 0.5) is 5.69 Å². The van der Waals surface area contributed by atoms with Gasteiger partial charge < -0.3 is 10.1 Å². The summed E-state index contributed by atoms with van der Waals surface area (Å²) in [6, 6.07) is 8.44. The zero-order valence-electron chi connectivity index (χ0n) is 9.56. The molecule has 0 aliphatic rings. The highest BCUT2D eigenvalue weighted by molar-refractivity contribution is 5.95. The number of hydrogen-bond acceptors (Lipinski definition) is 4. The molecule has 5 heteroatoms. The summed E-state index contributed by atoms with van der Waals surface area (Å²) in [5, 5.41) is 11.2. The van der Waals surface area contributed by atoms with E-state index in [4.69, 9.17) is 10.00 Å². The Kier molecular flexibility index (Phi) is 4.23. The van der Waals surface area contributed by atoms with Crippen LogP contribution >= 0.6 is 0 Å². The van der Waals surface area contributed by atoms with Crippen molar-refractivity contribution in [3.05, 3.63) is 29.8 Å². The van der Waals surface area contributed by atoms with Gasteiger partial charge in [0.05, 0.1) is 11.6 Å². The summed E-state index contributed by atoms with van der Waals surface area (Å²) < 4.78 is 4.72. The zero-order chi connectivity index (χ0) is 12.8. The van der Waals surface area contributed by atoms with Crippen LogP contribution in [0.25, 0.3) is 0 Å². The lowest BCUT2D eigenvalue weighted by molar-refractivity contribution is -0.150. The highest BCUT2D eigenvalue weighted by Crippen LogP contribution is 2.10. The zero-order valence-corrected chi connectivity index (χ0v) is 9.56. The summed E-state index contributed by atoms with van der Waals surface area (Å²) in [6.45, 7) is 2.71. The molecule has 0 bridgehead atoms. The fourth-order valence-electron chi connectivity index (χ4n) is 1.21. The number of ether oxygens (including phenoxy) is 1. The highest BCUT2D eigenvalue weighted by atomic mass is 16.5. The number of esters is 1. The molecule has 1 aromatic rings. The average Bonchev–Trinajstić information content (AvgIpc) is 2.28. The van der Waals surface area contributed by atoms with E-state index in [2.05, 4.69) is 5.32 Å². The Balaban J connectivity index is 2.68. The van der Waals surface area contributed by atoms with E-state index in [9.17, 15) is 9.59 Å². The van der Waals surface area contributed by atoms with E-state index >= 15 is 0 Å². The topological polar surface area (TPSA) is 79.2 Å². The molecule has 0 saturated heterocycles. The Morgan fingerprint density at radius 2 is 2.18 bits per heavy atom. The number of nitrogens with zero attached hydrogens (tertiary/aromatic N) is 1. The Bertz CT molecular complexity index is 477. The first-order valence-electron chi connectivity index (χ1n) is 5.01. The average molecular weight is 232 g/mol. The molecule has 1 N–H and O–H groups in total. The molecule has 0 radical (unpaired) electrons. The van der Waals surface area contributed by atoms with E-state index in [1.54, 1.807) is 24.3 Å². The molecule has 0 unspecified atom stereocenters. The van der Waals surface area contributed by atoms with E-state index < -0.39 is 18.0 Å². The van der Waals surface area contributed by atoms with E-state index in [1.807, 2.05) is 6.07 Å². The van der Waals surface area contributed by atoms with Crippen LogP contribution in [-0.4, -0.2) is 18.0 Å². The van der Waals surface area contributed by atoms with Crippen molar-refractivity contribution in [2.24, 2.45) is 0 Å². The van der Waals surface area contributed by atoms with Gasteiger partial charge >= 0.3 is 5.97 Å². The molecule has 88 valence electrons. The molecule has 0 saturated carbocycles. The molecule has 0 spiro atoms. The number of amides is 1. The van der Waals surface area contributed by atoms with Crippen molar-refractivity contribution in [1.29, 1.82) is 5.26 Å². The fraction of sp³-hybridized carbons (Fsp3) is 0.250. The van der Waals surface area contributed by atoms with Gasteiger partial charge in [0.25, 0.3) is 5.91 Å². The van der Waals surface area contributed by atoms with Gasteiger partial charge in [0.1, 0.15) is 0 Å². The van der Waals surface area contributed by atoms with Crippen LogP contribution in [0.1, 0.15) is 19.4 Å². The number of carbonyl (C=O) groups excluding carboxylic acids is 2. The van der Waals surface area contributed by atoms with E-state index in [-0.39, 0.29) is 0 Å². The van der Waals surface area contributed by atoms with Crippen molar-refractivity contribution < 1.29 is 14.3 Å². The van der Waals surface area contributed by atoms with Crippen LogP contribution in [0.3, 0.4) is 0 Å². The minimum absolute atomic E-state index is 0.435. The molecule has 0 aromatic heterocycles. The van der Waals surface area contributed by atoms with Gasteiger partial charge in [-0.15, -0.1) is 0 Å². The smallest absolute Gasteiger partial charge is 0.303 e. The van der Waals surface area contributed by atoms with Crippen molar-refractivity contribution in [2.45, 2.75) is 20.0 Å². The van der Waals surface area contributed by atoms with Crippen molar-refractivity contribution in [2.75, 3.05) is 5.32 Å². The molecule has 1 rings (SSSR count). The number of carbonyl (C=O) groups is 2. The van der Waals surface area contributed by atoms with Crippen LogP contribution in [0, 0.1) is 11.3 Å². The van der Waals surface area contributed by atoms with E-state index in [0.29, 0.717) is 11.3 Å². The Morgan fingerprint density at radius 3 is 2.76 bits per heavy atom. The Labute approximate surface area is 99.0 Å². The lowest BCUT2D eigenvalue weighted by Crippen LogP contribution is -2.29. The van der Waals surface area contributed by atoms with Crippen molar-refractivity contribution in [1.82, 2.24) is 0 Å². The van der Waals surface area contributed by atoms with Gasteiger partial charge in [0, 0.05) is 12.6 Å². The third-order valence-electron chi connectivity index (χ3n) is 1.97.